The lowest BCUT2D eigenvalue weighted by molar-refractivity contribution is 0.112. The largest absolute Gasteiger partial charge is 0.496 e. The first-order chi connectivity index (χ1) is 6.36. The van der Waals surface area contributed by atoms with E-state index in [-0.39, 0.29) is 0 Å². The van der Waals surface area contributed by atoms with E-state index in [2.05, 4.69) is 0 Å². The van der Waals surface area contributed by atoms with E-state index in [1.807, 2.05) is 12.1 Å². The Labute approximate surface area is 74.9 Å². The van der Waals surface area contributed by atoms with Crippen LogP contribution in [0.2, 0.25) is 0 Å². The van der Waals surface area contributed by atoms with Gasteiger partial charge in [-0.2, -0.15) is 0 Å². The lowest BCUT2D eigenvalue weighted by atomic mass is 10.1. The first kappa shape index (κ1) is 7.86. The summed E-state index contributed by atoms with van der Waals surface area (Å²) in [5.41, 5.74) is 1.04. The van der Waals surface area contributed by atoms with Gasteiger partial charge in [-0.05, 0) is 18.2 Å². The highest BCUT2D eigenvalue weighted by molar-refractivity contribution is 5.97. The van der Waals surface area contributed by atoms with E-state index in [0.717, 1.165) is 11.7 Å². The highest BCUT2D eigenvalue weighted by atomic mass is 16.5. The Morgan fingerprint density at radius 1 is 1.38 bits per heavy atom. The van der Waals surface area contributed by atoms with Gasteiger partial charge in [0, 0.05) is 5.39 Å². The molecule has 1 aromatic heterocycles. The van der Waals surface area contributed by atoms with Crippen molar-refractivity contribution in [1.29, 1.82) is 0 Å². The topological polar surface area (TPSA) is 39.4 Å². The Kier molecular flexibility index (Phi) is 1.77. The van der Waals surface area contributed by atoms with Gasteiger partial charge < -0.3 is 9.15 Å². The van der Waals surface area contributed by atoms with Crippen LogP contribution in [0.5, 0.6) is 5.75 Å². The van der Waals surface area contributed by atoms with Crippen molar-refractivity contribution in [2.24, 2.45) is 0 Å². The SMILES string of the molecule is COc1ccc2ccoc2c1C=O. The number of carbonyl (C=O) groups is 1. The van der Waals surface area contributed by atoms with Gasteiger partial charge in [0.05, 0.1) is 18.9 Å². The first-order valence-electron chi connectivity index (χ1n) is 3.86. The Balaban J connectivity index is 2.81. The first-order valence-corrected chi connectivity index (χ1v) is 3.86. The van der Waals surface area contributed by atoms with Crippen LogP contribution in [-0.2, 0) is 0 Å². The number of hydrogen-bond donors (Lipinski definition) is 0. The molecule has 3 heteroatoms. The molecule has 0 saturated heterocycles. The molecule has 0 bridgehead atoms. The highest BCUT2D eigenvalue weighted by Gasteiger charge is 2.09. The van der Waals surface area contributed by atoms with Crippen molar-refractivity contribution in [2.75, 3.05) is 7.11 Å². The Hall–Kier alpha value is -1.77. The number of fused-ring (bicyclic) bond motifs is 1. The number of ether oxygens (including phenoxy) is 1. The lowest BCUT2D eigenvalue weighted by Gasteiger charge is -2.02. The molecule has 1 aromatic carbocycles. The molecular formula is C10H8O3. The standard InChI is InChI=1S/C10H8O3/c1-12-9-3-2-7-4-5-13-10(7)8(9)6-11/h2-6H,1H3. The van der Waals surface area contributed by atoms with E-state index >= 15 is 0 Å². The summed E-state index contributed by atoms with van der Waals surface area (Å²) in [7, 11) is 1.52. The maximum Gasteiger partial charge on any atom is 0.157 e. The third-order valence-electron chi connectivity index (χ3n) is 1.96. The van der Waals surface area contributed by atoms with E-state index in [1.54, 1.807) is 12.3 Å². The molecule has 0 radical (unpaired) electrons. The average molecular weight is 176 g/mol. The molecule has 0 amide bonds. The normalized spacial score (nSPS) is 10.2. The molecule has 1 heterocycles. The molecule has 13 heavy (non-hydrogen) atoms. The Morgan fingerprint density at radius 2 is 2.23 bits per heavy atom. The van der Waals surface area contributed by atoms with Crippen LogP contribution < -0.4 is 4.74 Å². The van der Waals surface area contributed by atoms with Crippen molar-refractivity contribution in [3.8, 4) is 5.75 Å². The summed E-state index contributed by atoms with van der Waals surface area (Å²) in [4.78, 5) is 10.8. The van der Waals surface area contributed by atoms with Crippen LogP contribution in [0.1, 0.15) is 10.4 Å². The fourth-order valence-corrected chi connectivity index (χ4v) is 1.33. The van der Waals surface area contributed by atoms with Crippen LogP contribution in [0.4, 0.5) is 0 Å². The molecule has 0 atom stereocenters. The van der Waals surface area contributed by atoms with Crippen molar-refractivity contribution < 1.29 is 13.9 Å². The molecule has 0 saturated carbocycles. The van der Waals surface area contributed by atoms with Gasteiger partial charge in [-0.25, -0.2) is 0 Å². The molecule has 66 valence electrons. The van der Waals surface area contributed by atoms with Crippen LogP contribution in [0.3, 0.4) is 0 Å². The van der Waals surface area contributed by atoms with Gasteiger partial charge in [0.1, 0.15) is 11.3 Å². The zero-order valence-electron chi connectivity index (χ0n) is 7.11. The lowest BCUT2D eigenvalue weighted by Crippen LogP contribution is -1.89. The third kappa shape index (κ3) is 1.09. The number of aldehydes is 1. The van der Waals surface area contributed by atoms with Gasteiger partial charge in [0.2, 0.25) is 0 Å². The van der Waals surface area contributed by atoms with E-state index in [4.69, 9.17) is 9.15 Å². The number of rotatable bonds is 2. The van der Waals surface area contributed by atoms with Crippen molar-refractivity contribution >= 4 is 17.3 Å². The van der Waals surface area contributed by atoms with Gasteiger partial charge in [0.15, 0.2) is 6.29 Å². The monoisotopic (exact) mass is 176 g/mol. The minimum Gasteiger partial charge on any atom is -0.496 e. The molecule has 0 aliphatic carbocycles. The van der Waals surface area contributed by atoms with Crippen molar-refractivity contribution in [2.45, 2.75) is 0 Å². The predicted octanol–water partition coefficient (Wildman–Crippen LogP) is 2.25. The Morgan fingerprint density at radius 3 is 2.92 bits per heavy atom. The molecule has 2 aromatic rings. The van der Waals surface area contributed by atoms with Crippen molar-refractivity contribution in [3.05, 3.63) is 30.0 Å². The average Bonchev–Trinajstić information content (AvgIpc) is 2.63. The second-order valence-corrected chi connectivity index (χ2v) is 2.64. The van der Waals surface area contributed by atoms with Crippen LogP contribution in [0.15, 0.2) is 28.9 Å². The highest BCUT2D eigenvalue weighted by Crippen LogP contribution is 2.26. The van der Waals surface area contributed by atoms with Gasteiger partial charge in [-0.3, -0.25) is 4.79 Å². The van der Waals surface area contributed by atoms with Crippen LogP contribution >= 0.6 is 0 Å². The van der Waals surface area contributed by atoms with Crippen LogP contribution in [0.25, 0.3) is 11.0 Å². The van der Waals surface area contributed by atoms with Gasteiger partial charge in [0.25, 0.3) is 0 Å². The maximum absolute atomic E-state index is 10.8. The van der Waals surface area contributed by atoms with Gasteiger partial charge >= 0.3 is 0 Å². The molecular weight excluding hydrogens is 168 g/mol. The molecule has 0 unspecified atom stereocenters. The van der Waals surface area contributed by atoms with E-state index < -0.39 is 0 Å². The molecule has 0 aliphatic heterocycles. The van der Waals surface area contributed by atoms with Gasteiger partial charge in [-0.15, -0.1) is 0 Å². The van der Waals surface area contributed by atoms with Crippen LogP contribution in [0, 0.1) is 0 Å². The molecule has 0 fully saturated rings. The second-order valence-electron chi connectivity index (χ2n) is 2.64. The number of hydrogen-bond acceptors (Lipinski definition) is 3. The summed E-state index contributed by atoms with van der Waals surface area (Å²) >= 11 is 0. The van der Waals surface area contributed by atoms with Gasteiger partial charge in [-0.1, -0.05) is 0 Å². The number of benzene rings is 1. The molecule has 2 rings (SSSR count). The zero-order valence-corrected chi connectivity index (χ0v) is 7.11. The molecule has 3 nitrogen and oxygen atoms in total. The summed E-state index contributed by atoms with van der Waals surface area (Å²) in [6.07, 6.45) is 2.29. The number of methoxy groups -OCH3 is 1. The van der Waals surface area contributed by atoms with Crippen LogP contribution in [-0.4, -0.2) is 13.4 Å². The second kappa shape index (κ2) is 2.94. The summed E-state index contributed by atoms with van der Waals surface area (Å²) in [5, 5.41) is 0.905. The quantitative estimate of drug-likeness (QED) is 0.659. The number of carbonyl (C=O) groups excluding carboxylic acids is 1. The smallest absolute Gasteiger partial charge is 0.157 e. The van der Waals surface area contributed by atoms with Crippen molar-refractivity contribution in [3.63, 3.8) is 0 Å². The summed E-state index contributed by atoms with van der Waals surface area (Å²) < 4.78 is 10.2. The third-order valence-corrected chi connectivity index (χ3v) is 1.96. The summed E-state index contributed by atoms with van der Waals surface area (Å²) in [6.45, 7) is 0. The minimum atomic E-state index is 0.463. The summed E-state index contributed by atoms with van der Waals surface area (Å²) in [6, 6.07) is 5.41. The summed E-state index contributed by atoms with van der Waals surface area (Å²) in [5.74, 6) is 0.539. The fourth-order valence-electron chi connectivity index (χ4n) is 1.33. The Bertz CT molecular complexity index is 442. The molecule has 0 aliphatic rings. The minimum absolute atomic E-state index is 0.463. The van der Waals surface area contributed by atoms with E-state index in [1.165, 1.54) is 7.11 Å². The molecule has 0 N–H and O–H groups in total. The zero-order chi connectivity index (χ0) is 9.26. The maximum atomic E-state index is 10.8. The predicted molar refractivity (Wildman–Crippen MR) is 48.2 cm³/mol. The number of furan rings is 1. The fraction of sp³-hybridized carbons (Fsp3) is 0.100. The van der Waals surface area contributed by atoms with Crippen molar-refractivity contribution in [1.82, 2.24) is 0 Å². The molecule has 0 spiro atoms. The van der Waals surface area contributed by atoms with E-state index in [9.17, 15) is 4.79 Å². The van der Waals surface area contributed by atoms with E-state index in [0.29, 0.717) is 16.9 Å².